The lowest BCUT2D eigenvalue weighted by atomic mass is 9.99. The molecule has 1 atom stereocenters. The predicted octanol–water partition coefficient (Wildman–Crippen LogP) is 4.65. The summed E-state index contributed by atoms with van der Waals surface area (Å²) >= 11 is 0. The molecule has 1 amide bonds. The van der Waals surface area contributed by atoms with Gasteiger partial charge in [-0.3, -0.25) is 4.79 Å². The summed E-state index contributed by atoms with van der Waals surface area (Å²) < 4.78 is 12.0. The molecule has 1 heterocycles. The van der Waals surface area contributed by atoms with Crippen molar-refractivity contribution >= 4 is 11.6 Å². The zero-order valence-corrected chi connectivity index (χ0v) is 20.3. The number of anilines is 1. The number of para-hydroxylation sites is 2. The van der Waals surface area contributed by atoms with Crippen LogP contribution in [-0.4, -0.2) is 31.6 Å². The Morgan fingerprint density at radius 1 is 1.06 bits per heavy atom. The molecule has 3 aromatic carbocycles. The standard InChI is InChI=1S/C29H31N3O3/c1-21(16-24-17-25-12-14-32(22(2)33)29(25)26(18-24)19-30)31-13-15-34-27-10-6-7-11-28(27)35-20-23-8-4-3-5-9-23/h3-11,17-18,21,31H,12-16,20H2,1-2H3. The molecule has 3 aromatic rings. The number of nitriles is 1. The Morgan fingerprint density at radius 2 is 1.77 bits per heavy atom. The van der Waals surface area contributed by atoms with Gasteiger partial charge in [-0.15, -0.1) is 0 Å². The third-order valence-corrected chi connectivity index (χ3v) is 6.10. The van der Waals surface area contributed by atoms with E-state index in [9.17, 15) is 10.1 Å². The van der Waals surface area contributed by atoms with Gasteiger partial charge in [0.2, 0.25) is 5.91 Å². The number of hydrogen-bond acceptors (Lipinski definition) is 5. The highest BCUT2D eigenvalue weighted by atomic mass is 16.5. The Balaban J connectivity index is 1.27. The molecule has 1 N–H and O–H groups in total. The Labute approximate surface area is 207 Å². The van der Waals surface area contributed by atoms with Crippen LogP contribution in [0.2, 0.25) is 0 Å². The molecule has 0 aromatic heterocycles. The zero-order valence-electron chi connectivity index (χ0n) is 20.3. The first-order valence-electron chi connectivity index (χ1n) is 12.0. The van der Waals surface area contributed by atoms with Crippen molar-refractivity contribution in [2.75, 3.05) is 24.6 Å². The van der Waals surface area contributed by atoms with Crippen LogP contribution in [0.5, 0.6) is 11.5 Å². The third kappa shape index (κ3) is 6.20. The molecule has 6 nitrogen and oxygen atoms in total. The maximum atomic E-state index is 11.9. The summed E-state index contributed by atoms with van der Waals surface area (Å²) in [5, 5.41) is 13.1. The van der Waals surface area contributed by atoms with Gasteiger partial charge in [-0.2, -0.15) is 5.26 Å². The largest absolute Gasteiger partial charge is 0.488 e. The fourth-order valence-electron chi connectivity index (χ4n) is 4.45. The van der Waals surface area contributed by atoms with Crippen LogP contribution in [0.15, 0.2) is 66.7 Å². The summed E-state index contributed by atoms with van der Waals surface area (Å²) in [5.74, 6) is 1.44. The smallest absolute Gasteiger partial charge is 0.223 e. The Bertz CT molecular complexity index is 1200. The van der Waals surface area contributed by atoms with Crippen LogP contribution < -0.4 is 19.7 Å². The lowest BCUT2D eigenvalue weighted by molar-refractivity contribution is -0.116. The van der Waals surface area contributed by atoms with Crippen LogP contribution in [0.4, 0.5) is 5.69 Å². The number of nitrogens with one attached hydrogen (secondary N) is 1. The molecule has 0 spiro atoms. The molecule has 0 aliphatic carbocycles. The second-order valence-corrected chi connectivity index (χ2v) is 8.81. The molecule has 1 aliphatic heterocycles. The topological polar surface area (TPSA) is 74.6 Å². The summed E-state index contributed by atoms with van der Waals surface area (Å²) in [6.45, 7) is 6.00. The number of carbonyl (C=O) groups is 1. The number of ether oxygens (including phenoxy) is 2. The second-order valence-electron chi connectivity index (χ2n) is 8.81. The molecule has 6 heteroatoms. The number of carbonyl (C=O) groups excluding carboxylic acids is 1. The van der Waals surface area contributed by atoms with Gasteiger partial charge in [0.15, 0.2) is 11.5 Å². The molecule has 4 rings (SSSR count). The van der Waals surface area contributed by atoms with Crippen molar-refractivity contribution in [2.24, 2.45) is 0 Å². The number of benzene rings is 3. The van der Waals surface area contributed by atoms with Crippen LogP contribution in [-0.2, 0) is 24.2 Å². The first kappa shape index (κ1) is 24.3. The summed E-state index contributed by atoms with van der Waals surface area (Å²) in [7, 11) is 0. The fourth-order valence-corrected chi connectivity index (χ4v) is 4.45. The van der Waals surface area contributed by atoms with Crippen molar-refractivity contribution in [3.8, 4) is 17.6 Å². The molecule has 0 saturated carbocycles. The van der Waals surface area contributed by atoms with E-state index in [2.05, 4.69) is 24.4 Å². The van der Waals surface area contributed by atoms with Gasteiger partial charge >= 0.3 is 0 Å². The van der Waals surface area contributed by atoms with E-state index in [0.717, 1.165) is 46.7 Å². The highest BCUT2D eigenvalue weighted by Crippen LogP contribution is 2.33. The first-order valence-corrected chi connectivity index (χ1v) is 12.0. The predicted molar refractivity (Wildman–Crippen MR) is 137 cm³/mol. The lowest BCUT2D eigenvalue weighted by Crippen LogP contribution is -2.32. The van der Waals surface area contributed by atoms with Gasteiger partial charge in [-0.1, -0.05) is 48.5 Å². The van der Waals surface area contributed by atoms with E-state index >= 15 is 0 Å². The van der Waals surface area contributed by atoms with Crippen molar-refractivity contribution in [3.63, 3.8) is 0 Å². The number of rotatable bonds is 10. The van der Waals surface area contributed by atoms with Gasteiger partial charge in [-0.25, -0.2) is 0 Å². The Hall–Kier alpha value is -3.82. The normalized spacial score (nSPS) is 13.1. The Kier molecular flexibility index (Phi) is 8.02. The zero-order chi connectivity index (χ0) is 24.6. The van der Waals surface area contributed by atoms with Crippen molar-refractivity contribution in [1.29, 1.82) is 5.26 Å². The maximum absolute atomic E-state index is 11.9. The molecule has 1 aliphatic rings. The minimum Gasteiger partial charge on any atom is -0.488 e. The van der Waals surface area contributed by atoms with E-state index in [1.54, 1.807) is 11.8 Å². The van der Waals surface area contributed by atoms with Gasteiger partial charge in [0, 0.05) is 26.1 Å². The van der Waals surface area contributed by atoms with E-state index in [1.165, 1.54) is 0 Å². The molecular formula is C29H31N3O3. The average molecular weight is 470 g/mol. The first-order chi connectivity index (χ1) is 17.0. The van der Waals surface area contributed by atoms with E-state index in [-0.39, 0.29) is 11.9 Å². The molecule has 0 saturated heterocycles. The van der Waals surface area contributed by atoms with Crippen molar-refractivity contribution in [3.05, 3.63) is 89.0 Å². The van der Waals surface area contributed by atoms with Crippen molar-refractivity contribution in [2.45, 2.75) is 39.3 Å². The van der Waals surface area contributed by atoms with Crippen molar-refractivity contribution in [1.82, 2.24) is 5.32 Å². The fraction of sp³-hybridized carbons (Fsp3) is 0.310. The maximum Gasteiger partial charge on any atom is 0.223 e. The van der Waals surface area contributed by atoms with Gasteiger partial charge in [0.1, 0.15) is 19.3 Å². The highest BCUT2D eigenvalue weighted by molar-refractivity contribution is 5.95. The van der Waals surface area contributed by atoms with Gasteiger partial charge in [-0.05, 0) is 54.7 Å². The van der Waals surface area contributed by atoms with Crippen LogP contribution >= 0.6 is 0 Å². The van der Waals surface area contributed by atoms with Crippen LogP contribution in [0.1, 0.15) is 36.1 Å². The molecule has 1 unspecified atom stereocenters. The molecule has 0 radical (unpaired) electrons. The molecule has 180 valence electrons. The molecule has 0 fully saturated rings. The number of amides is 1. The molecule has 35 heavy (non-hydrogen) atoms. The monoisotopic (exact) mass is 469 g/mol. The van der Waals surface area contributed by atoms with Gasteiger partial charge in [0.05, 0.1) is 11.3 Å². The third-order valence-electron chi connectivity index (χ3n) is 6.10. The average Bonchev–Trinajstić information content (AvgIpc) is 3.30. The quantitative estimate of drug-likeness (QED) is 0.438. The van der Waals surface area contributed by atoms with E-state index < -0.39 is 0 Å². The van der Waals surface area contributed by atoms with Crippen LogP contribution in [0, 0.1) is 11.3 Å². The highest BCUT2D eigenvalue weighted by Gasteiger charge is 2.26. The van der Waals surface area contributed by atoms with Crippen LogP contribution in [0.3, 0.4) is 0 Å². The summed E-state index contributed by atoms with van der Waals surface area (Å²) in [6, 6.07) is 24.3. The molecular weight excluding hydrogens is 438 g/mol. The van der Waals surface area contributed by atoms with Gasteiger partial charge < -0.3 is 19.7 Å². The summed E-state index contributed by atoms with van der Waals surface area (Å²) in [4.78, 5) is 13.6. The van der Waals surface area contributed by atoms with Gasteiger partial charge in [0.25, 0.3) is 0 Å². The van der Waals surface area contributed by atoms with E-state index in [1.807, 2.05) is 60.7 Å². The van der Waals surface area contributed by atoms with Crippen molar-refractivity contribution < 1.29 is 14.3 Å². The Morgan fingerprint density at radius 3 is 2.49 bits per heavy atom. The number of nitrogens with zero attached hydrogens (tertiary/aromatic N) is 2. The SMILES string of the molecule is CC(=O)N1CCc2cc(CC(C)NCCOc3ccccc3OCc3ccccc3)cc(C#N)c21. The second kappa shape index (κ2) is 11.5. The molecule has 0 bridgehead atoms. The lowest BCUT2D eigenvalue weighted by Gasteiger charge is -2.18. The van der Waals surface area contributed by atoms with E-state index in [0.29, 0.717) is 31.9 Å². The number of fused-ring (bicyclic) bond motifs is 1. The number of hydrogen-bond donors (Lipinski definition) is 1. The van der Waals surface area contributed by atoms with E-state index in [4.69, 9.17) is 9.47 Å². The summed E-state index contributed by atoms with van der Waals surface area (Å²) in [6.07, 6.45) is 1.58. The summed E-state index contributed by atoms with van der Waals surface area (Å²) in [5.41, 5.74) is 4.65. The van der Waals surface area contributed by atoms with Crippen LogP contribution in [0.25, 0.3) is 0 Å². The minimum absolute atomic E-state index is 0.0185. The minimum atomic E-state index is -0.0185.